The van der Waals surface area contributed by atoms with Crippen molar-refractivity contribution >= 4 is 22.8 Å². The van der Waals surface area contributed by atoms with Gasteiger partial charge in [0.1, 0.15) is 5.76 Å². The van der Waals surface area contributed by atoms with Gasteiger partial charge in [0.2, 0.25) is 5.12 Å². The number of rotatable bonds is 5. The molecule has 1 heterocycles. The molecule has 2 rings (SSSR count). The van der Waals surface area contributed by atoms with Gasteiger partial charge in [0.25, 0.3) is 0 Å². The average Bonchev–Trinajstić information content (AvgIpc) is 2.62. The standard InChI is InChI=1S/C14H14O4S/c1-14(8-10-5-3-2-4-6-10)11(7-13(17)19-14)18-9-12(15)16/h2-7H,8-9H2,1H3,(H,15,16)/t14-/m1/s1. The lowest BCUT2D eigenvalue weighted by Gasteiger charge is -2.25. The van der Waals surface area contributed by atoms with Crippen molar-refractivity contribution in [3.63, 3.8) is 0 Å². The molecule has 0 saturated heterocycles. The van der Waals surface area contributed by atoms with E-state index < -0.39 is 17.3 Å². The first-order chi connectivity index (χ1) is 8.99. The molecule has 1 N–H and O–H groups in total. The van der Waals surface area contributed by atoms with Gasteiger partial charge in [-0.05, 0) is 18.9 Å². The number of carbonyl (C=O) groups is 2. The maximum Gasteiger partial charge on any atom is 0.341 e. The Morgan fingerprint density at radius 1 is 1.37 bits per heavy atom. The molecule has 0 saturated carbocycles. The first kappa shape index (κ1) is 13.7. The second-order valence-electron chi connectivity index (χ2n) is 4.51. The first-order valence-corrected chi connectivity index (χ1v) is 6.65. The number of benzene rings is 1. The van der Waals surface area contributed by atoms with Crippen molar-refractivity contribution in [2.45, 2.75) is 18.1 Å². The van der Waals surface area contributed by atoms with Crippen LogP contribution in [-0.4, -0.2) is 27.5 Å². The maximum atomic E-state index is 11.6. The van der Waals surface area contributed by atoms with Gasteiger partial charge >= 0.3 is 5.97 Å². The van der Waals surface area contributed by atoms with Gasteiger partial charge in [-0.2, -0.15) is 0 Å². The molecule has 0 spiro atoms. The van der Waals surface area contributed by atoms with E-state index in [-0.39, 0.29) is 5.12 Å². The lowest BCUT2D eigenvalue weighted by molar-refractivity contribution is -0.141. The quantitative estimate of drug-likeness (QED) is 0.895. The summed E-state index contributed by atoms with van der Waals surface area (Å²) in [5.74, 6) is -0.610. The molecule has 0 amide bonds. The van der Waals surface area contributed by atoms with E-state index in [2.05, 4.69) is 0 Å². The summed E-state index contributed by atoms with van der Waals surface area (Å²) in [6.07, 6.45) is 2.01. The summed E-state index contributed by atoms with van der Waals surface area (Å²) in [5, 5.41) is 8.56. The Kier molecular flexibility index (Phi) is 3.95. The summed E-state index contributed by atoms with van der Waals surface area (Å²) in [5.41, 5.74) is 1.08. The lowest BCUT2D eigenvalue weighted by atomic mass is 9.98. The van der Waals surface area contributed by atoms with Crippen LogP contribution in [0.5, 0.6) is 0 Å². The van der Waals surface area contributed by atoms with Crippen LogP contribution in [0.3, 0.4) is 0 Å². The van der Waals surface area contributed by atoms with Gasteiger partial charge in [-0.25, -0.2) is 4.79 Å². The van der Waals surface area contributed by atoms with E-state index in [4.69, 9.17) is 9.84 Å². The van der Waals surface area contributed by atoms with E-state index in [0.29, 0.717) is 12.2 Å². The zero-order valence-corrected chi connectivity index (χ0v) is 11.3. The largest absolute Gasteiger partial charge is 0.485 e. The van der Waals surface area contributed by atoms with Crippen molar-refractivity contribution < 1.29 is 19.4 Å². The molecule has 5 heteroatoms. The predicted molar refractivity (Wildman–Crippen MR) is 72.8 cm³/mol. The number of aliphatic carboxylic acids is 1. The second-order valence-corrected chi connectivity index (χ2v) is 6.01. The Morgan fingerprint density at radius 3 is 2.68 bits per heavy atom. The van der Waals surface area contributed by atoms with Gasteiger partial charge in [-0.1, -0.05) is 42.1 Å². The van der Waals surface area contributed by atoms with Crippen molar-refractivity contribution in [2.24, 2.45) is 0 Å². The maximum absolute atomic E-state index is 11.6. The average molecular weight is 278 g/mol. The van der Waals surface area contributed by atoms with Crippen LogP contribution < -0.4 is 0 Å². The minimum Gasteiger partial charge on any atom is -0.485 e. The third-order valence-electron chi connectivity index (χ3n) is 2.83. The monoisotopic (exact) mass is 278 g/mol. The smallest absolute Gasteiger partial charge is 0.341 e. The molecule has 0 bridgehead atoms. The summed E-state index contributed by atoms with van der Waals surface area (Å²) >= 11 is 1.17. The SMILES string of the molecule is C[C@]1(Cc2ccccc2)SC(=O)C=C1OCC(=O)O. The molecule has 4 nitrogen and oxygen atoms in total. The highest BCUT2D eigenvalue weighted by Crippen LogP contribution is 2.42. The number of carboxylic acid groups (broad SMARTS) is 1. The molecule has 1 aromatic carbocycles. The molecular weight excluding hydrogens is 264 g/mol. The zero-order chi connectivity index (χ0) is 13.9. The molecule has 1 aliphatic heterocycles. The van der Waals surface area contributed by atoms with E-state index in [0.717, 1.165) is 5.56 Å². The zero-order valence-electron chi connectivity index (χ0n) is 10.5. The van der Waals surface area contributed by atoms with Crippen molar-refractivity contribution in [1.82, 2.24) is 0 Å². The summed E-state index contributed by atoms with van der Waals surface area (Å²) in [6, 6.07) is 9.74. The van der Waals surface area contributed by atoms with Crippen molar-refractivity contribution in [3.8, 4) is 0 Å². The summed E-state index contributed by atoms with van der Waals surface area (Å²) in [4.78, 5) is 22.1. The van der Waals surface area contributed by atoms with Crippen LogP contribution in [0, 0.1) is 0 Å². The number of carboxylic acids is 1. The topological polar surface area (TPSA) is 63.6 Å². The van der Waals surface area contributed by atoms with Crippen LogP contribution in [0.4, 0.5) is 0 Å². The highest BCUT2D eigenvalue weighted by atomic mass is 32.2. The molecular formula is C14H14O4S. The number of ether oxygens (including phenoxy) is 1. The third kappa shape index (κ3) is 3.38. The van der Waals surface area contributed by atoms with Gasteiger partial charge in [-0.3, -0.25) is 4.79 Å². The van der Waals surface area contributed by atoms with Crippen LogP contribution in [-0.2, 0) is 20.7 Å². The molecule has 100 valence electrons. The fourth-order valence-corrected chi connectivity index (χ4v) is 3.07. The van der Waals surface area contributed by atoms with Crippen LogP contribution in [0.1, 0.15) is 12.5 Å². The van der Waals surface area contributed by atoms with Crippen LogP contribution in [0.25, 0.3) is 0 Å². The number of carbonyl (C=O) groups excluding carboxylic acids is 1. The van der Waals surface area contributed by atoms with Crippen LogP contribution in [0.15, 0.2) is 42.2 Å². The summed E-state index contributed by atoms with van der Waals surface area (Å²) in [7, 11) is 0. The first-order valence-electron chi connectivity index (χ1n) is 5.83. The van der Waals surface area contributed by atoms with Crippen molar-refractivity contribution in [1.29, 1.82) is 0 Å². The van der Waals surface area contributed by atoms with Gasteiger partial charge in [0.15, 0.2) is 6.61 Å². The molecule has 1 aliphatic rings. The molecule has 0 radical (unpaired) electrons. The molecule has 1 aromatic rings. The van der Waals surface area contributed by atoms with E-state index >= 15 is 0 Å². The van der Waals surface area contributed by atoms with Crippen molar-refractivity contribution in [2.75, 3.05) is 6.61 Å². The highest BCUT2D eigenvalue weighted by molar-refractivity contribution is 8.15. The minimum absolute atomic E-state index is 0.0983. The second kappa shape index (κ2) is 5.48. The number of thioether (sulfide) groups is 1. The molecule has 1 atom stereocenters. The molecule has 0 unspecified atom stereocenters. The van der Waals surface area contributed by atoms with E-state index in [9.17, 15) is 9.59 Å². The van der Waals surface area contributed by atoms with Gasteiger partial charge in [-0.15, -0.1) is 0 Å². The Bertz CT molecular complexity index is 524. The normalized spacial score (nSPS) is 22.2. The van der Waals surface area contributed by atoms with Crippen molar-refractivity contribution in [3.05, 3.63) is 47.7 Å². The van der Waals surface area contributed by atoms with E-state index in [1.807, 2.05) is 37.3 Å². The van der Waals surface area contributed by atoms with Gasteiger partial charge in [0, 0.05) is 6.08 Å². The van der Waals surface area contributed by atoms with E-state index in [1.54, 1.807) is 0 Å². The molecule has 0 aromatic heterocycles. The van der Waals surface area contributed by atoms with Crippen LogP contribution >= 0.6 is 11.8 Å². The van der Waals surface area contributed by atoms with E-state index in [1.165, 1.54) is 17.8 Å². The summed E-state index contributed by atoms with van der Waals surface area (Å²) < 4.78 is 4.71. The Hall–Kier alpha value is -1.75. The molecule has 0 aliphatic carbocycles. The van der Waals surface area contributed by atoms with Crippen LogP contribution in [0.2, 0.25) is 0 Å². The fraction of sp³-hybridized carbons (Fsp3) is 0.286. The molecule has 0 fully saturated rings. The number of hydrogen-bond donors (Lipinski definition) is 1. The molecule has 19 heavy (non-hydrogen) atoms. The Labute approximate surface area is 115 Å². The Balaban J connectivity index is 2.14. The fourth-order valence-electron chi connectivity index (χ4n) is 2.00. The minimum atomic E-state index is -1.05. The predicted octanol–water partition coefficient (Wildman–Crippen LogP) is 2.25. The highest BCUT2D eigenvalue weighted by Gasteiger charge is 2.40. The Morgan fingerprint density at radius 2 is 2.05 bits per heavy atom. The third-order valence-corrected chi connectivity index (χ3v) is 3.95. The summed E-state index contributed by atoms with van der Waals surface area (Å²) in [6.45, 7) is 1.47. The lowest BCUT2D eigenvalue weighted by Crippen LogP contribution is -2.26. The van der Waals surface area contributed by atoms with Gasteiger partial charge < -0.3 is 9.84 Å². The van der Waals surface area contributed by atoms with Gasteiger partial charge in [0.05, 0.1) is 4.75 Å². The number of hydrogen-bond acceptors (Lipinski definition) is 4.